The Morgan fingerprint density at radius 2 is 1.89 bits per heavy atom. The molecule has 6 rings (SSSR count). The molecule has 2 N–H and O–H groups in total. The minimum Gasteiger partial charge on any atom is -0.317 e. The molecule has 190 valence electrons. The van der Waals surface area contributed by atoms with Crippen molar-refractivity contribution < 1.29 is 4.79 Å². The first kappa shape index (κ1) is 25.8. The number of rotatable bonds is 5. The van der Waals surface area contributed by atoms with E-state index in [1.54, 1.807) is 0 Å². The number of hydrogen-bond donors (Lipinski definition) is 2. The summed E-state index contributed by atoms with van der Waals surface area (Å²) in [6.45, 7) is 5.06. The quantitative estimate of drug-likeness (QED) is 0.357. The summed E-state index contributed by atoms with van der Waals surface area (Å²) in [6, 6.07) is 12.1. The standard InChI is InChI=1S/C28H32IN5O.ClH/c29-22-3-4-23(21(16-22)18-34-14-9-28(7-8-28)10-15-34)27(35)33-24-17-20-2-1-11-31-25(20)26(32-24)19-5-12-30-13-6-19;/h1-4,11,16-17,19,30H,5-10,12-15,18H2,(H,32,33,35);1H. The predicted molar refractivity (Wildman–Crippen MR) is 155 cm³/mol. The van der Waals surface area contributed by atoms with Crippen molar-refractivity contribution in [2.24, 2.45) is 5.41 Å². The third-order valence-electron chi connectivity index (χ3n) is 8.16. The van der Waals surface area contributed by atoms with E-state index in [9.17, 15) is 4.79 Å². The molecule has 0 atom stereocenters. The summed E-state index contributed by atoms with van der Waals surface area (Å²) < 4.78 is 1.16. The molecule has 4 heterocycles. The highest BCUT2D eigenvalue weighted by Crippen LogP contribution is 2.53. The highest BCUT2D eigenvalue weighted by Gasteiger charge is 2.44. The maximum atomic E-state index is 13.5. The molecule has 0 unspecified atom stereocenters. The van der Waals surface area contributed by atoms with Crippen molar-refractivity contribution >= 4 is 57.6 Å². The topological polar surface area (TPSA) is 70.1 Å². The van der Waals surface area contributed by atoms with Crippen LogP contribution >= 0.6 is 35.0 Å². The summed E-state index contributed by atoms with van der Waals surface area (Å²) in [4.78, 5) is 25.6. The lowest BCUT2D eigenvalue weighted by Crippen LogP contribution is -2.34. The largest absolute Gasteiger partial charge is 0.317 e. The van der Waals surface area contributed by atoms with Crippen LogP contribution in [0, 0.1) is 8.99 Å². The number of pyridine rings is 2. The number of carbonyl (C=O) groups is 1. The van der Waals surface area contributed by atoms with Crippen LogP contribution in [0.5, 0.6) is 0 Å². The van der Waals surface area contributed by atoms with Gasteiger partial charge in [0.1, 0.15) is 5.82 Å². The summed E-state index contributed by atoms with van der Waals surface area (Å²) in [7, 11) is 0. The van der Waals surface area contributed by atoms with Crippen LogP contribution in [0.3, 0.4) is 0 Å². The molecule has 0 bridgehead atoms. The van der Waals surface area contributed by atoms with Gasteiger partial charge in [-0.05, 0) is 129 Å². The van der Waals surface area contributed by atoms with Crippen molar-refractivity contribution in [1.82, 2.24) is 20.2 Å². The Bertz CT molecular complexity index is 1250. The average Bonchev–Trinajstić information content (AvgIpc) is 3.64. The smallest absolute Gasteiger partial charge is 0.257 e. The molecule has 1 aliphatic carbocycles. The van der Waals surface area contributed by atoms with E-state index in [0.29, 0.717) is 17.2 Å². The number of anilines is 1. The van der Waals surface area contributed by atoms with E-state index in [0.717, 1.165) is 76.9 Å². The van der Waals surface area contributed by atoms with Crippen LogP contribution in [0.15, 0.2) is 42.6 Å². The summed E-state index contributed by atoms with van der Waals surface area (Å²) in [5.41, 5.74) is 4.46. The van der Waals surface area contributed by atoms with Gasteiger partial charge in [-0.25, -0.2) is 4.98 Å². The molecule has 2 aliphatic heterocycles. The first-order chi connectivity index (χ1) is 17.1. The molecule has 1 aromatic carbocycles. The van der Waals surface area contributed by atoms with Crippen molar-refractivity contribution in [3.8, 4) is 0 Å². The van der Waals surface area contributed by atoms with Crippen LogP contribution in [0.2, 0.25) is 0 Å². The molecular weight excluding hydrogens is 585 g/mol. The van der Waals surface area contributed by atoms with E-state index in [1.165, 1.54) is 25.7 Å². The fourth-order valence-electron chi connectivity index (χ4n) is 5.76. The van der Waals surface area contributed by atoms with Gasteiger partial charge >= 0.3 is 0 Å². The minimum absolute atomic E-state index is 0. The van der Waals surface area contributed by atoms with Crippen LogP contribution in [0.25, 0.3) is 10.9 Å². The maximum absolute atomic E-state index is 13.5. The summed E-state index contributed by atoms with van der Waals surface area (Å²) in [5, 5.41) is 7.59. The first-order valence-corrected chi connectivity index (χ1v) is 14.0. The number of aromatic nitrogens is 2. The van der Waals surface area contributed by atoms with E-state index < -0.39 is 0 Å². The summed E-state index contributed by atoms with van der Waals surface area (Å²) in [5.74, 6) is 0.884. The zero-order valence-electron chi connectivity index (χ0n) is 20.4. The van der Waals surface area contributed by atoms with E-state index in [1.807, 2.05) is 30.5 Å². The fraction of sp³-hybridized carbons (Fsp3) is 0.464. The molecule has 2 aromatic heterocycles. The Hall–Kier alpha value is -1.81. The van der Waals surface area contributed by atoms with Gasteiger partial charge in [-0.3, -0.25) is 14.7 Å². The number of piperidine rings is 2. The van der Waals surface area contributed by atoms with Crippen LogP contribution < -0.4 is 10.6 Å². The Morgan fingerprint density at radius 1 is 1.11 bits per heavy atom. The molecule has 0 radical (unpaired) electrons. The van der Waals surface area contributed by atoms with Gasteiger partial charge in [0.05, 0.1) is 11.2 Å². The Morgan fingerprint density at radius 3 is 2.64 bits per heavy atom. The summed E-state index contributed by atoms with van der Waals surface area (Å²) >= 11 is 2.34. The number of benzene rings is 1. The number of amides is 1. The molecule has 6 nitrogen and oxygen atoms in total. The number of carbonyl (C=O) groups excluding carboxylic acids is 1. The SMILES string of the molecule is Cl.O=C(Nc1cc2cccnc2c(C2CCNCC2)n1)c1ccc(I)cc1CN1CCC2(CC1)CC2. The van der Waals surface area contributed by atoms with Crippen molar-refractivity contribution in [3.05, 3.63) is 63.0 Å². The summed E-state index contributed by atoms with van der Waals surface area (Å²) in [6.07, 6.45) is 9.32. The maximum Gasteiger partial charge on any atom is 0.257 e. The van der Waals surface area contributed by atoms with Crippen LogP contribution in [0.4, 0.5) is 5.82 Å². The van der Waals surface area contributed by atoms with Gasteiger partial charge in [0.25, 0.3) is 5.91 Å². The molecule has 2 saturated heterocycles. The predicted octanol–water partition coefficient (Wildman–Crippen LogP) is 5.75. The van der Waals surface area contributed by atoms with Crippen LogP contribution in [0.1, 0.15) is 66.1 Å². The Balaban J connectivity index is 0.00000267. The minimum atomic E-state index is -0.0842. The number of fused-ring (bicyclic) bond motifs is 1. The monoisotopic (exact) mass is 617 g/mol. The lowest BCUT2D eigenvalue weighted by atomic mass is 9.92. The zero-order chi connectivity index (χ0) is 23.8. The second-order valence-electron chi connectivity index (χ2n) is 10.5. The van der Waals surface area contributed by atoms with E-state index >= 15 is 0 Å². The highest BCUT2D eigenvalue weighted by atomic mass is 127. The van der Waals surface area contributed by atoms with Gasteiger partial charge < -0.3 is 10.6 Å². The lowest BCUT2D eigenvalue weighted by molar-refractivity contribution is 0.102. The van der Waals surface area contributed by atoms with E-state index in [-0.39, 0.29) is 18.3 Å². The Labute approximate surface area is 232 Å². The normalized spacial score (nSPS) is 19.7. The molecule has 36 heavy (non-hydrogen) atoms. The zero-order valence-corrected chi connectivity index (χ0v) is 23.4. The number of halogens is 2. The second-order valence-corrected chi connectivity index (χ2v) is 11.8. The third kappa shape index (κ3) is 5.54. The van der Waals surface area contributed by atoms with Crippen molar-refractivity contribution in [3.63, 3.8) is 0 Å². The molecule has 3 aliphatic rings. The van der Waals surface area contributed by atoms with Crippen molar-refractivity contribution in [2.75, 3.05) is 31.5 Å². The number of hydrogen-bond acceptors (Lipinski definition) is 5. The molecule has 1 amide bonds. The highest BCUT2D eigenvalue weighted by molar-refractivity contribution is 14.1. The average molecular weight is 618 g/mol. The van der Waals surface area contributed by atoms with Gasteiger partial charge in [0.2, 0.25) is 0 Å². The van der Waals surface area contributed by atoms with Crippen LogP contribution in [-0.2, 0) is 6.54 Å². The van der Waals surface area contributed by atoms with E-state index in [4.69, 9.17) is 4.98 Å². The third-order valence-corrected chi connectivity index (χ3v) is 8.83. The molecule has 1 saturated carbocycles. The molecule has 3 aromatic rings. The number of nitrogens with one attached hydrogen (secondary N) is 2. The first-order valence-electron chi connectivity index (χ1n) is 12.9. The van der Waals surface area contributed by atoms with Gasteiger partial charge in [0.15, 0.2) is 0 Å². The van der Waals surface area contributed by atoms with Gasteiger partial charge in [0, 0.05) is 33.2 Å². The molecular formula is C28H33ClIN5O. The van der Waals surface area contributed by atoms with Crippen molar-refractivity contribution in [1.29, 1.82) is 0 Å². The fourth-order valence-corrected chi connectivity index (χ4v) is 6.31. The van der Waals surface area contributed by atoms with Gasteiger partial charge in [-0.2, -0.15) is 0 Å². The molecule has 1 spiro atoms. The Kier molecular flexibility index (Phi) is 7.81. The van der Waals surface area contributed by atoms with E-state index in [2.05, 4.69) is 55.2 Å². The molecule has 8 heteroatoms. The number of likely N-dealkylation sites (tertiary alicyclic amines) is 1. The van der Waals surface area contributed by atoms with Gasteiger partial charge in [-0.15, -0.1) is 12.4 Å². The van der Waals surface area contributed by atoms with Gasteiger partial charge in [-0.1, -0.05) is 6.07 Å². The van der Waals surface area contributed by atoms with Crippen molar-refractivity contribution in [2.45, 2.75) is 51.0 Å². The molecule has 3 fully saturated rings. The van der Waals surface area contributed by atoms with Crippen LogP contribution in [-0.4, -0.2) is 47.0 Å². The number of nitrogens with zero attached hydrogens (tertiary/aromatic N) is 3. The lowest BCUT2D eigenvalue weighted by Gasteiger charge is -2.32. The second kappa shape index (κ2) is 10.9.